The fourth-order valence-corrected chi connectivity index (χ4v) is 13.6. The molecule has 174 valence electrons. The third-order valence-electron chi connectivity index (χ3n) is 7.10. The van der Waals surface area contributed by atoms with E-state index in [9.17, 15) is 9.59 Å². The molecule has 3 aromatic heterocycles. The number of fused-ring (bicyclic) bond motifs is 4. The van der Waals surface area contributed by atoms with Crippen LogP contribution in [-0.2, 0) is 0 Å². The quantitative estimate of drug-likeness (QED) is 0.186. The zero-order valence-electron chi connectivity index (χ0n) is 20.1. The van der Waals surface area contributed by atoms with Crippen molar-refractivity contribution in [1.82, 2.24) is 4.90 Å². The predicted molar refractivity (Wildman–Crippen MR) is 146 cm³/mol. The van der Waals surface area contributed by atoms with Gasteiger partial charge in [-0.2, -0.15) is 0 Å². The van der Waals surface area contributed by atoms with Gasteiger partial charge >= 0.3 is 0 Å². The van der Waals surface area contributed by atoms with E-state index in [1.54, 1.807) is 16.5 Å². The van der Waals surface area contributed by atoms with E-state index in [-0.39, 0.29) is 11.8 Å². The van der Waals surface area contributed by atoms with Crippen LogP contribution >= 0.6 is 34.0 Å². The lowest BCUT2D eigenvalue weighted by Gasteiger charge is -2.16. The average Bonchev–Trinajstić information content (AvgIpc) is 3.52. The molecule has 0 spiro atoms. The number of amides is 2. The number of carbonyl (C=O) groups is 2. The molecule has 2 amide bonds. The number of aryl methyl sites for hydroxylation is 2. The molecular formula is C26H31NO2S3Si. The van der Waals surface area contributed by atoms with Crippen LogP contribution in [-0.4, -0.2) is 31.3 Å². The monoisotopic (exact) mass is 513 g/mol. The molecule has 2 aliphatic heterocycles. The first kappa shape index (κ1) is 23.2. The summed E-state index contributed by atoms with van der Waals surface area (Å²) in [5, 5.41) is 3.05. The summed E-state index contributed by atoms with van der Waals surface area (Å²) in [5.41, 5.74) is 1.32. The van der Waals surface area contributed by atoms with Crippen LogP contribution in [0.4, 0.5) is 0 Å². The van der Waals surface area contributed by atoms with E-state index in [2.05, 4.69) is 39.1 Å². The maximum absolute atomic E-state index is 13.4. The number of imide groups is 1. The first-order valence-electron chi connectivity index (χ1n) is 12.0. The number of thiophene rings is 3. The standard InChI is InChI=1S/C26H31NO2S3Si/c1-6-7-8-9-10-11-12-27-25(28)20-16(3)31-22(21(20)26(27)29)17-14-19-24(32-17)23-18(33(19,4)5)13-15(2)30-23/h13-14H,6-12H2,1-5H3. The van der Waals surface area contributed by atoms with Crippen molar-refractivity contribution in [2.45, 2.75) is 72.4 Å². The number of unbranched alkanes of at least 4 members (excludes halogenated alkanes) is 5. The molecule has 0 bridgehead atoms. The van der Waals surface area contributed by atoms with Crippen LogP contribution in [0.2, 0.25) is 13.1 Å². The molecule has 0 saturated heterocycles. The van der Waals surface area contributed by atoms with Gasteiger partial charge in [-0.05, 0) is 42.8 Å². The van der Waals surface area contributed by atoms with Gasteiger partial charge in [-0.1, -0.05) is 52.1 Å². The minimum absolute atomic E-state index is 0.0828. The molecule has 0 saturated carbocycles. The average molecular weight is 514 g/mol. The van der Waals surface area contributed by atoms with E-state index in [1.165, 1.54) is 50.4 Å². The Labute approximate surface area is 209 Å². The summed E-state index contributed by atoms with van der Waals surface area (Å²) in [5.74, 6) is -0.167. The first-order valence-corrected chi connectivity index (χ1v) is 17.5. The topological polar surface area (TPSA) is 37.4 Å². The van der Waals surface area contributed by atoms with Gasteiger partial charge in [0.1, 0.15) is 8.07 Å². The van der Waals surface area contributed by atoms with Crippen molar-refractivity contribution in [1.29, 1.82) is 0 Å². The zero-order chi connectivity index (χ0) is 23.5. The number of nitrogens with zero attached hydrogens (tertiary/aromatic N) is 1. The minimum Gasteiger partial charge on any atom is -0.274 e. The lowest BCUT2D eigenvalue weighted by Crippen LogP contribution is -2.48. The first-order chi connectivity index (χ1) is 15.8. The van der Waals surface area contributed by atoms with E-state index in [4.69, 9.17) is 0 Å². The highest BCUT2D eigenvalue weighted by Crippen LogP contribution is 2.47. The highest BCUT2D eigenvalue weighted by Gasteiger charge is 2.44. The van der Waals surface area contributed by atoms with Gasteiger partial charge in [0.05, 0.1) is 16.0 Å². The van der Waals surface area contributed by atoms with Crippen molar-refractivity contribution in [3.8, 4) is 19.5 Å². The number of rotatable bonds is 8. The Hall–Kier alpha value is -1.54. The van der Waals surface area contributed by atoms with Crippen molar-refractivity contribution in [3.05, 3.63) is 33.0 Å². The van der Waals surface area contributed by atoms with E-state index >= 15 is 0 Å². The summed E-state index contributed by atoms with van der Waals surface area (Å²) in [6.07, 6.45) is 6.89. The predicted octanol–water partition coefficient (Wildman–Crippen LogP) is 6.91. The molecule has 0 N–H and O–H groups in total. The van der Waals surface area contributed by atoms with Gasteiger partial charge in [0.15, 0.2) is 0 Å². The van der Waals surface area contributed by atoms with E-state index < -0.39 is 8.07 Å². The van der Waals surface area contributed by atoms with Crippen molar-refractivity contribution in [3.63, 3.8) is 0 Å². The molecule has 0 radical (unpaired) electrons. The Kier molecular flexibility index (Phi) is 6.04. The molecule has 0 aromatic carbocycles. The molecule has 0 unspecified atom stereocenters. The summed E-state index contributed by atoms with van der Waals surface area (Å²) >= 11 is 5.34. The number of carbonyl (C=O) groups excluding carboxylic acids is 2. The molecule has 0 aliphatic carbocycles. The molecule has 3 nitrogen and oxygen atoms in total. The van der Waals surface area contributed by atoms with Crippen molar-refractivity contribution in [2.75, 3.05) is 6.54 Å². The number of hydrogen-bond donors (Lipinski definition) is 0. The molecule has 3 aromatic rings. The number of hydrogen-bond acceptors (Lipinski definition) is 5. The van der Waals surface area contributed by atoms with Gasteiger partial charge in [-0.25, -0.2) is 0 Å². The molecule has 33 heavy (non-hydrogen) atoms. The lowest BCUT2D eigenvalue weighted by atomic mass is 10.1. The highest BCUT2D eigenvalue weighted by molar-refractivity contribution is 7.31. The van der Waals surface area contributed by atoms with Crippen LogP contribution in [0.3, 0.4) is 0 Å². The molecule has 5 rings (SSSR count). The summed E-state index contributed by atoms with van der Waals surface area (Å²) in [7, 11) is -1.70. The van der Waals surface area contributed by atoms with E-state index in [0.29, 0.717) is 17.7 Å². The third-order valence-corrected chi connectivity index (χ3v) is 14.6. The van der Waals surface area contributed by atoms with E-state index in [0.717, 1.165) is 27.5 Å². The molecule has 7 heteroatoms. The second kappa shape index (κ2) is 8.59. The van der Waals surface area contributed by atoms with E-state index in [1.807, 2.05) is 29.6 Å². The minimum atomic E-state index is -1.70. The fraction of sp³-hybridized carbons (Fsp3) is 0.462. The second-order valence-electron chi connectivity index (χ2n) is 9.85. The summed E-state index contributed by atoms with van der Waals surface area (Å²) < 4.78 is 0. The Bertz CT molecular complexity index is 1260. The second-order valence-corrected chi connectivity index (χ2v) is 17.7. The van der Waals surface area contributed by atoms with Crippen molar-refractivity contribution < 1.29 is 9.59 Å². The summed E-state index contributed by atoms with van der Waals surface area (Å²) in [6, 6.07) is 4.72. The molecule has 5 heterocycles. The van der Waals surface area contributed by atoms with Gasteiger partial charge in [0, 0.05) is 30.9 Å². The Balaban J connectivity index is 1.44. The smallest absolute Gasteiger partial charge is 0.263 e. The van der Waals surface area contributed by atoms with Crippen LogP contribution in [0, 0.1) is 13.8 Å². The maximum Gasteiger partial charge on any atom is 0.263 e. The molecular weight excluding hydrogens is 483 g/mol. The van der Waals surface area contributed by atoms with Gasteiger partial charge < -0.3 is 0 Å². The highest BCUT2D eigenvalue weighted by atomic mass is 32.1. The zero-order valence-corrected chi connectivity index (χ0v) is 23.5. The Morgan fingerprint density at radius 1 is 0.788 bits per heavy atom. The fourth-order valence-electron chi connectivity index (χ4n) is 5.22. The molecule has 0 fully saturated rings. The summed E-state index contributed by atoms with van der Waals surface area (Å²) in [4.78, 5) is 35.4. The summed E-state index contributed by atoms with van der Waals surface area (Å²) in [6.45, 7) is 11.8. The van der Waals surface area contributed by atoms with Gasteiger partial charge in [0.2, 0.25) is 0 Å². The van der Waals surface area contributed by atoms with Crippen LogP contribution in [0.1, 0.15) is 75.9 Å². The third kappa shape index (κ3) is 3.63. The lowest BCUT2D eigenvalue weighted by molar-refractivity contribution is 0.0651. The Morgan fingerprint density at radius 3 is 2.18 bits per heavy atom. The normalized spacial score (nSPS) is 16.0. The molecule has 0 atom stereocenters. The Morgan fingerprint density at radius 2 is 1.42 bits per heavy atom. The molecule has 2 aliphatic rings. The van der Waals surface area contributed by atoms with Crippen LogP contribution in [0.15, 0.2) is 12.1 Å². The van der Waals surface area contributed by atoms with Gasteiger partial charge in [-0.15, -0.1) is 34.0 Å². The van der Waals surface area contributed by atoms with Crippen LogP contribution in [0.5, 0.6) is 0 Å². The SMILES string of the molecule is CCCCCCCCN1C(=O)c2c(C)sc(-c3cc4c(s3)-c3sc(C)cc3[Si]4(C)C)c2C1=O. The van der Waals surface area contributed by atoms with Gasteiger partial charge in [-0.3, -0.25) is 14.5 Å². The van der Waals surface area contributed by atoms with Crippen LogP contribution < -0.4 is 10.4 Å². The van der Waals surface area contributed by atoms with Crippen molar-refractivity contribution >= 4 is 64.3 Å². The largest absolute Gasteiger partial charge is 0.274 e. The van der Waals surface area contributed by atoms with Crippen LogP contribution in [0.25, 0.3) is 19.5 Å². The van der Waals surface area contributed by atoms with Gasteiger partial charge in [0.25, 0.3) is 11.8 Å². The van der Waals surface area contributed by atoms with Crippen molar-refractivity contribution in [2.24, 2.45) is 0 Å². The maximum atomic E-state index is 13.4.